The van der Waals surface area contributed by atoms with Crippen LogP contribution < -0.4 is 9.47 Å². The summed E-state index contributed by atoms with van der Waals surface area (Å²) in [4.78, 5) is 1.30. The Morgan fingerprint density at radius 2 is 1.68 bits per heavy atom. The summed E-state index contributed by atoms with van der Waals surface area (Å²) >= 11 is 1.90. The first kappa shape index (κ1) is 14.0. The minimum absolute atomic E-state index is 0.144. The van der Waals surface area contributed by atoms with Crippen molar-refractivity contribution in [3.05, 3.63) is 53.6 Å². The molecule has 2 aliphatic rings. The zero-order valence-corrected chi connectivity index (χ0v) is 13.4. The van der Waals surface area contributed by atoms with Crippen LogP contribution in [-0.4, -0.2) is 19.5 Å². The third kappa shape index (κ3) is 2.18. The molecule has 0 aliphatic carbocycles. The molecule has 2 heterocycles. The monoisotopic (exact) mass is 314 g/mol. The van der Waals surface area contributed by atoms with E-state index < -0.39 is 0 Å². The molecule has 2 aliphatic heterocycles. The average Bonchev–Trinajstić information content (AvgIpc) is 3.12. The molecule has 0 N–H and O–H groups in total. The minimum atomic E-state index is 0.144. The minimum Gasteiger partial charge on any atom is -0.493 e. The summed E-state index contributed by atoms with van der Waals surface area (Å²) in [6.07, 6.45) is 1.37. The van der Waals surface area contributed by atoms with Gasteiger partial charge in [-0.2, -0.15) is 0 Å². The Bertz CT molecular complexity index is 686. The second kappa shape index (κ2) is 5.52. The molecule has 0 radical (unpaired) electrons. The Balaban J connectivity index is 1.64. The highest BCUT2D eigenvalue weighted by Gasteiger charge is 2.46. The molecular weight excluding hydrogens is 296 g/mol. The molecule has 3 nitrogen and oxygen atoms in total. The highest BCUT2D eigenvalue weighted by atomic mass is 32.2. The van der Waals surface area contributed by atoms with Crippen molar-refractivity contribution < 1.29 is 14.2 Å². The summed E-state index contributed by atoms with van der Waals surface area (Å²) in [7, 11) is 3.35. The van der Waals surface area contributed by atoms with Crippen molar-refractivity contribution in [1.82, 2.24) is 0 Å². The van der Waals surface area contributed by atoms with Gasteiger partial charge in [-0.15, -0.1) is 11.8 Å². The zero-order chi connectivity index (χ0) is 15.1. The van der Waals surface area contributed by atoms with Crippen molar-refractivity contribution in [2.75, 3.05) is 14.2 Å². The number of fused-ring (bicyclic) bond motifs is 5. The SMILES string of the molecule is COc1cc2c(cc1OC)[C@H]1C[C@H](Sc3ccccc3)[C@@H]2O1. The van der Waals surface area contributed by atoms with Crippen LogP contribution in [0.4, 0.5) is 0 Å². The standard InChI is InChI=1S/C18H18O3S/c1-19-15-8-12-13(9-16(15)20-2)18-17(10-14(12)21-18)22-11-6-4-3-5-7-11/h3-9,14,17-18H,10H2,1-2H3/t14-,17+,18-/m1/s1. The van der Waals surface area contributed by atoms with Gasteiger partial charge in [0, 0.05) is 10.1 Å². The van der Waals surface area contributed by atoms with Crippen molar-refractivity contribution in [3.8, 4) is 11.5 Å². The maximum absolute atomic E-state index is 6.19. The highest BCUT2D eigenvalue weighted by molar-refractivity contribution is 8.00. The van der Waals surface area contributed by atoms with Crippen molar-refractivity contribution >= 4 is 11.8 Å². The van der Waals surface area contributed by atoms with Crippen LogP contribution in [0.15, 0.2) is 47.4 Å². The molecule has 4 rings (SSSR count). The van der Waals surface area contributed by atoms with Crippen LogP contribution in [0, 0.1) is 0 Å². The van der Waals surface area contributed by atoms with Gasteiger partial charge >= 0.3 is 0 Å². The number of hydrogen-bond donors (Lipinski definition) is 0. The van der Waals surface area contributed by atoms with Crippen LogP contribution in [-0.2, 0) is 4.74 Å². The third-order valence-electron chi connectivity index (χ3n) is 4.37. The van der Waals surface area contributed by atoms with Gasteiger partial charge in [0.2, 0.25) is 0 Å². The molecule has 4 heteroatoms. The molecule has 2 aromatic carbocycles. The molecular formula is C18H18O3S. The highest BCUT2D eigenvalue weighted by Crippen LogP contribution is 2.57. The molecule has 1 fully saturated rings. The molecule has 2 aromatic rings. The van der Waals surface area contributed by atoms with Gasteiger partial charge < -0.3 is 14.2 Å². The number of ether oxygens (including phenoxy) is 3. The van der Waals surface area contributed by atoms with E-state index in [1.807, 2.05) is 17.8 Å². The topological polar surface area (TPSA) is 27.7 Å². The average molecular weight is 314 g/mol. The molecule has 2 bridgehead atoms. The largest absolute Gasteiger partial charge is 0.493 e. The quantitative estimate of drug-likeness (QED) is 0.837. The summed E-state index contributed by atoms with van der Waals surface area (Å²) in [6.45, 7) is 0. The summed E-state index contributed by atoms with van der Waals surface area (Å²) < 4.78 is 17.0. The smallest absolute Gasteiger partial charge is 0.161 e. The normalized spacial score (nSPS) is 25.1. The number of thioether (sulfide) groups is 1. The van der Waals surface area contributed by atoms with Crippen molar-refractivity contribution in [3.63, 3.8) is 0 Å². The van der Waals surface area contributed by atoms with Gasteiger partial charge in [-0.1, -0.05) is 18.2 Å². The molecule has 0 amide bonds. The van der Waals surface area contributed by atoms with Crippen LogP contribution in [0.1, 0.15) is 29.8 Å². The first-order valence-electron chi connectivity index (χ1n) is 7.43. The van der Waals surface area contributed by atoms with Gasteiger partial charge in [-0.05, 0) is 41.8 Å². The number of rotatable bonds is 4. The predicted octanol–water partition coefficient (Wildman–Crippen LogP) is 4.38. The summed E-state index contributed by atoms with van der Waals surface area (Å²) in [5, 5.41) is 0.456. The number of hydrogen-bond acceptors (Lipinski definition) is 4. The molecule has 114 valence electrons. The van der Waals surface area contributed by atoms with Gasteiger partial charge in [0.1, 0.15) is 0 Å². The Kier molecular flexibility index (Phi) is 3.51. The van der Waals surface area contributed by atoms with Crippen molar-refractivity contribution in [2.24, 2.45) is 0 Å². The van der Waals surface area contributed by atoms with E-state index >= 15 is 0 Å². The number of benzene rings is 2. The van der Waals surface area contributed by atoms with Gasteiger partial charge in [-0.25, -0.2) is 0 Å². The van der Waals surface area contributed by atoms with E-state index in [0.717, 1.165) is 17.9 Å². The summed E-state index contributed by atoms with van der Waals surface area (Å²) in [5.41, 5.74) is 2.51. The first-order valence-corrected chi connectivity index (χ1v) is 8.31. The zero-order valence-electron chi connectivity index (χ0n) is 12.6. The van der Waals surface area contributed by atoms with Crippen molar-refractivity contribution in [1.29, 1.82) is 0 Å². The molecule has 1 saturated heterocycles. The molecule has 0 saturated carbocycles. The van der Waals surface area contributed by atoms with E-state index in [9.17, 15) is 0 Å². The second-order valence-electron chi connectivity index (χ2n) is 5.59. The lowest BCUT2D eigenvalue weighted by atomic mass is 9.91. The van der Waals surface area contributed by atoms with Gasteiger partial charge in [0.05, 0.1) is 26.4 Å². The summed E-state index contributed by atoms with van der Waals surface area (Å²) in [5.74, 6) is 1.56. The lowest BCUT2D eigenvalue weighted by Crippen LogP contribution is -2.13. The Morgan fingerprint density at radius 3 is 2.36 bits per heavy atom. The second-order valence-corrected chi connectivity index (χ2v) is 6.90. The van der Waals surface area contributed by atoms with E-state index in [1.54, 1.807) is 14.2 Å². The van der Waals surface area contributed by atoms with E-state index in [0.29, 0.717) is 5.25 Å². The van der Waals surface area contributed by atoms with Gasteiger partial charge in [0.15, 0.2) is 11.5 Å². The van der Waals surface area contributed by atoms with E-state index in [-0.39, 0.29) is 12.2 Å². The van der Waals surface area contributed by atoms with Crippen molar-refractivity contribution in [2.45, 2.75) is 28.8 Å². The molecule has 22 heavy (non-hydrogen) atoms. The Morgan fingerprint density at radius 1 is 1.00 bits per heavy atom. The van der Waals surface area contributed by atoms with Crippen LogP contribution >= 0.6 is 11.8 Å². The molecule has 0 spiro atoms. The lowest BCUT2D eigenvalue weighted by Gasteiger charge is -2.22. The van der Waals surface area contributed by atoms with E-state index in [4.69, 9.17) is 14.2 Å². The predicted molar refractivity (Wildman–Crippen MR) is 86.8 cm³/mol. The Labute approximate surface area is 134 Å². The maximum Gasteiger partial charge on any atom is 0.161 e. The van der Waals surface area contributed by atoms with Gasteiger partial charge in [0.25, 0.3) is 0 Å². The van der Waals surface area contributed by atoms with Crippen LogP contribution in [0.3, 0.4) is 0 Å². The van der Waals surface area contributed by atoms with E-state index in [2.05, 4.69) is 36.4 Å². The third-order valence-corrected chi connectivity index (χ3v) is 5.65. The van der Waals surface area contributed by atoms with Crippen LogP contribution in [0.2, 0.25) is 0 Å². The maximum atomic E-state index is 6.19. The first-order chi connectivity index (χ1) is 10.8. The fourth-order valence-electron chi connectivity index (χ4n) is 3.35. The van der Waals surface area contributed by atoms with Crippen LogP contribution in [0.25, 0.3) is 0 Å². The fourth-order valence-corrected chi connectivity index (χ4v) is 4.62. The summed E-state index contributed by atoms with van der Waals surface area (Å²) in [6, 6.07) is 14.7. The molecule has 3 atom stereocenters. The molecule has 0 aromatic heterocycles. The van der Waals surface area contributed by atoms with E-state index in [1.165, 1.54) is 16.0 Å². The fraction of sp³-hybridized carbons (Fsp3) is 0.333. The molecule has 0 unspecified atom stereocenters. The number of methoxy groups -OCH3 is 2. The Hall–Kier alpha value is -1.65. The lowest BCUT2D eigenvalue weighted by molar-refractivity contribution is 0.0727. The van der Waals surface area contributed by atoms with Gasteiger partial charge in [-0.3, -0.25) is 0 Å². The van der Waals surface area contributed by atoms with Crippen LogP contribution in [0.5, 0.6) is 11.5 Å².